The minimum atomic E-state index is 0.156. The van der Waals surface area contributed by atoms with Crippen LogP contribution in [0, 0.1) is 5.92 Å². The third kappa shape index (κ3) is 4.83. The first kappa shape index (κ1) is 19.0. The summed E-state index contributed by atoms with van der Waals surface area (Å²) in [5, 5.41) is 3.16. The number of nitrogens with one attached hydrogen (secondary N) is 1. The van der Waals surface area contributed by atoms with Crippen LogP contribution in [0.1, 0.15) is 63.9 Å². The van der Waals surface area contributed by atoms with E-state index < -0.39 is 0 Å². The lowest BCUT2D eigenvalue weighted by atomic mass is 9.72. The van der Waals surface area contributed by atoms with Crippen LogP contribution in [0.3, 0.4) is 0 Å². The molecule has 1 amide bonds. The third-order valence-electron chi connectivity index (χ3n) is 5.69. The molecule has 1 fully saturated rings. The van der Waals surface area contributed by atoms with Crippen LogP contribution >= 0.6 is 0 Å². The largest absolute Gasteiger partial charge is 0.356 e. The van der Waals surface area contributed by atoms with E-state index in [1.165, 1.54) is 37.7 Å². The minimum absolute atomic E-state index is 0.156. The van der Waals surface area contributed by atoms with Gasteiger partial charge in [0, 0.05) is 18.5 Å². The number of carbonyl (C=O) groups excluding carboxylic acids is 1. The molecule has 1 aromatic rings. The molecular weight excluding hydrogens is 296 g/mol. The highest BCUT2D eigenvalue weighted by Crippen LogP contribution is 2.42. The number of carbonyl (C=O) groups is 1. The summed E-state index contributed by atoms with van der Waals surface area (Å²) < 4.78 is 0. The Morgan fingerprint density at radius 3 is 2.42 bits per heavy atom. The summed E-state index contributed by atoms with van der Waals surface area (Å²) >= 11 is 0. The summed E-state index contributed by atoms with van der Waals surface area (Å²) in [4.78, 5) is 14.3. The molecule has 1 saturated carbocycles. The number of hydrogen-bond donors (Lipinski definition) is 1. The summed E-state index contributed by atoms with van der Waals surface area (Å²) in [5.41, 5.74) is 1.58. The van der Waals surface area contributed by atoms with Crippen molar-refractivity contribution in [2.45, 2.75) is 63.8 Å². The molecule has 0 atom stereocenters. The van der Waals surface area contributed by atoms with Gasteiger partial charge >= 0.3 is 0 Å². The van der Waals surface area contributed by atoms with E-state index in [2.05, 4.69) is 61.6 Å². The van der Waals surface area contributed by atoms with Crippen LogP contribution in [-0.4, -0.2) is 31.4 Å². The molecule has 134 valence electrons. The molecule has 3 nitrogen and oxygen atoms in total. The van der Waals surface area contributed by atoms with Crippen LogP contribution in [-0.2, 0) is 10.3 Å². The van der Waals surface area contributed by atoms with Crippen molar-refractivity contribution in [3.63, 3.8) is 0 Å². The minimum Gasteiger partial charge on any atom is -0.356 e. The third-order valence-corrected chi connectivity index (χ3v) is 5.69. The Hall–Kier alpha value is -1.35. The zero-order valence-corrected chi connectivity index (χ0v) is 15.7. The molecule has 0 radical (unpaired) electrons. The number of rotatable bonds is 8. The van der Waals surface area contributed by atoms with Crippen molar-refractivity contribution in [3.05, 3.63) is 35.9 Å². The fourth-order valence-electron chi connectivity index (χ4n) is 3.98. The number of unbranched alkanes of at least 4 members (excludes halogenated alkanes) is 2. The highest BCUT2D eigenvalue weighted by molar-refractivity contribution is 5.75. The average Bonchev–Trinajstić information content (AvgIpc) is 2.61. The first-order valence-electron chi connectivity index (χ1n) is 9.58. The van der Waals surface area contributed by atoms with Crippen LogP contribution in [0.25, 0.3) is 0 Å². The summed E-state index contributed by atoms with van der Waals surface area (Å²) in [6, 6.07) is 10.9. The van der Waals surface area contributed by atoms with E-state index in [4.69, 9.17) is 0 Å². The predicted octanol–water partition coefficient (Wildman–Crippen LogP) is 4.33. The number of nitrogens with zero attached hydrogens (tertiary/aromatic N) is 1. The molecule has 1 aromatic carbocycles. The second kappa shape index (κ2) is 9.22. The van der Waals surface area contributed by atoms with Crippen molar-refractivity contribution in [1.29, 1.82) is 0 Å². The maximum atomic E-state index is 11.9. The van der Waals surface area contributed by atoms with E-state index in [0.29, 0.717) is 12.3 Å². The van der Waals surface area contributed by atoms with Gasteiger partial charge in [-0.2, -0.15) is 0 Å². The summed E-state index contributed by atoms with van der Waals surface area (Å²) in [6.07, 6.45) is 8.73. The average molecular weight is 331 g/mol. The molecule has 0 bridgehead atoms. The van der Waals surface area contributed by atoms with E-state index in [0.717, 1.165) is 19.4 Å². The highest BCUT2D eigenvalue weighted by atomic mass is 16.1. The van der Waals surface area contributed by atoms with Gasteiger partial charge in [0.25, 0.3) is 0 Å². The van der Waals surface area contributed by atoms with Crippen molar-refractivity contribution in [3.8, 4) is 0 Å². The maximum absolute atomic E-state index is 11.9. The van der Waals surface area contributed by atoms with Gasteiger partial charge in [0.2, 0.25) is 5.91 Å². The molecule has 0 heterocycles. The van der Waals surface area contributed by atoms with E-state index >= 15 is 0 Å². The fourth-order valence-corrected chi connectivity index (χ4v) is 3.98. The Balaban J connectivity index is 1.84. The van der Waals surface area contributed by atoms with Crippen LogP contribution in [0.5, 0.6) is 0 Å². The van der Waals surface area contributed by atoms with Crippen LogP contribution in [0.15, 0.2) is 30.3 Å². The molecule has 3 heteroatoms. The molecule has 0 aliphatic heterocycles. The lowest BCUT2D eigenvalue weighted by Crippen LogP contribution is -2.45. The fraction of sp³-hybridized carbons (Fsp3) is 0.667. The Morgan fingerprint density at radius 2 is 1.83 bits per heavy atom. The molecule has 1 N–H and O–H groups in total. The van der Waals surface area contributed by atoms with Gasteiger partial charge in [-0.05, 0) is 57.7 Å². The van der Waals surface area contributed by atoms with Crippen LogP contribution in [0.4, 0.5) is 0 Å². The number of hydrogen-bond acceptors (Lipinski definition) is 2. The van der Waals surface area contributed by atoms with Gasteiger partial charge in [0.05, 0.1) is 0 Å². The number of benzene rings is 1. The van der Waals surface area contributed by atoms with Gasteiger partial charge in [0.1, 0.15) is 0 Å². The van der Waals surface area contributed by atoms with E-state index in [-0.39, 0.29) is 11.4 Å². The molecule has 0 spiro atoms. The van der Waals surface area contributed by atoms with Crippen molar-refractivity contribution >= 4 is 5.91 Å². The summed E-state index contributed by atoms with van der Waals surface area (Å²) in [7, 11) is 4.39. The van der Waals surface area contributed by atoms with Crippen molar-refractivity contribution in [2.24, 2.45) is 5.92 Å². The quantitative estimate of drug-likeness (QED) is 0.720. The Morgan fingerprint density at radius 1 is 1.17 bits per heavy atom. The van der Waals surface area contributed by atoms with Crippen LogP contribution < -0.4 is 5.32 Å². The molecule has 0 saturated heterocycles. The molecule has 2 rings (SSSR count). The Bertz CT molecular complexity index is 490. The van der Waals surface area contributed by atoms with Crippen LogP contribution in [0.2, 0.25) is 0 Å². The van der Waals surface area contributed by atoms with Gasteiger partial charge in [0.15, 0.2) is 0 Å². The molecule has 1 aliphatic rings. The lowest BCUT2D eigenvalue weighted by molar-refractivity contribution is -0.121. The van der Waals surface area contributed by atoms with E-state index in [9.17, 15) is 4.79 Å². The van der Waals surface area contributed by atoms with E-state index in [1.807, 2.05) is 0 Å². The molecule has 1 aliphatic carbocycles. The normalized spacial score (nSPS) is 24.1. The zero-order valence-electron chi connectivity index (χ0n) is 15.7. The molecular formula is C21H34N2O. The predicted molar refractivity (Wildman–Crippen MR) is 101 cm³/mol. The van der Waals surface area contributed by atoms with Gasteiger partial charge in [-0.1, -0.05) is 50.1 Å². The van der Waals surface area contributed by atoms with Gasteiger partial charge < -0.3 is 5.32 Å². The van der Waals surface area contributed by atoms with Crippen molar-refractivity contribution < 1.29 is 4.79 Å². The molecule has 0 unspecified atom stereocenters. The highest BCUT2D eigenvalue weighted by Gasteiger charge is 2.38. The Kier molecular flexibility index (Phi) is 7.29. The summed E-state index contributed by atoms with van der Waals surface area (Å²) in [6.45, 7) is 3.02. The standard InChI is InChI=1S/C21H34N2O/c1-4-5-7-12-20(24)22-17-18-13-15-21(16-14-18,23(2)3)19-10-8-6-9-11-19/h6,8-11,18H,4-5,7,12-17H2,1-3H3,(H,22,24). The smallest absolute Gasteiger partial charge is 0.220 e. The lowest BCUT2D eigenvalue weighted by Gasteiger charge is -2.45. The van der Waals surface area contributed by atoms with Gasteiger partial charge in [-0.25, -0.2) is 0 Å². The first-order valence-corrected chi connectivity index (χ1v) is 9.58. The second-order valence-electron chi connectivity index (χ2n) is 7.50. The van der Waals surface area contributed by atoms with Crippen molar-refractivity contribution in [2.75, 3.05) is 20.6 Å². The molecule has 24 heavy (non-hydrogen) atoms. The maximum Gasteiger partial charge on any atom is 0.220 e. The monoisotopic (exact) mass is 330 g/mol. The second-order valence-corrected chi connectivity index (χ2v) is 7.50. The Labute approximate surface area is 147 Å². The first-order chi connectivity index (χ1) is 11.6. The SMILES string of the molecule is CCCCCC(=O)NCC1CCC(c2ccccc2)(N(C)C)CC1. The number of amides is 1. The zero-order chi connectivity index (χ0) is 17.4. The van der Waals surface area contributed by atoms with Crippen molar-refractivity contribution in [1.82, 2.24) is 10.2 Å². The topological polar surface area (TPSA) is 32.3 Å². The summed E-state index contributed by atoms with van der Waals surface area (Å²) in [5.74, 6) is 0.855. The molecule has 0 aromatic heterocycles. The van der Waals surface area contributed by atoms with Gasteiger partial charge in [-0.3, -0.25) is 9.69 Å². The van der Waals surface area contributed by atoms with E-state index in [1.54, 1.807) is 0 Å². The van der Waals surface area contributed by atoms with Gasteiger partial charge in [-0.15, -0.1) is 0 Å².